The maximum absolute atomic E-state index is 10.8. The average molecular weight is 374 g/mol. The maximum Gasteiger partial charge on any atom is 1.00 e. The van der Waals surface area contributed by atoms with Gasteiger partial charge in [0.25, 0.3) is 0 Å². The summed E-state index contributed by atoms with van der Waals surface area (Å²) in [7, 11) is 0. The number of benzene rings is 2. The monoisotopic (exact) mass is 374 g/mol. The quantitative estimate of drug-likeness (QED) is 0.322. The minimum atomic E-state index is -2.08. The van der Waals surface area contributed by atoms with Crippen LogP contribution >= 0.6 is 11.8 Å². The van der Waals surface area contributed by atoms with Crippen LogP contribution in [0.2, 0.25) is 0 Å². The van der Waals surface area contributed by atoms with E-state index in [1.807, 2.05) is 24.3 Å². The Labute approximate surface area is 186 Å². The van der Waals surface area contributed by atoms with Crippen molar-refractivity contribution in [1.29, 1.82) is 0 Å². The normalized spacial score (nSPS) is 9.04. The summed E-state index contributed by atoms with van der Waals surface area (Å²) in [6, 6.07) is 14.6. The summed E-state index contributed by atoms with van der Waals surface area (Å²) >= 11 is 1.68. The minimum absolute atomic E-state index is 0. The summed E-state index contributed by atoms with van der Waals surface area (Å²) in [6.07, 6.45) is -2.08. The molecule has 0 atom stereocenters. The number of thioether (sulfide) groups is 1. The van der Waals surface area contributed by atoms with Gasteiger partial charge >= 0.3 is 57.4 Å². The third-order valence-electron chi connectivity index (χ3n) is 2.43. The molecule has 0 saturated carbocycles. The number of hydrogen-bond acceptors (Lipinski definition) is 6. The van der Waals surface area contributed by atoms with Gasteiger partial charge in [0.2, 0.25) is 6.16 Å². The van der Waals surface area contributed by atoms with E-state index < -0.39 is 6.16 Å². The molecule has 122 valence electrons. The van der Waals surface area contributed by atoms with Gasteiger partial charge in [-0.25, -0.2) is 0 Å². The number of hydrogen-bond donors (Lipinski definition) is 2. The molecule has 8 heteroatoms. The van der Waals surface area contributed by atoms with Gasteiger partial charge in [-0.05, 0) is 42.0 Å². The van der Waals surface area contributed by atoms with E-state index in [1.54, 1.807) is 36.0 Å². The molecule has 0 spiro atoms. The Kier molecular flexibility index (Phi) is 11.8. The fourth-order valence-electron chi connectivity index (χ4n) is 1.53. The van der Waals surface area contributed by atoms with E-state index in [-0.39, 0.29) is 63.1 Å². The first kappa shape index (κ1) is 23.0. The van der Waals surface area contributed by atoms with Gasteiger partial charge in [0.05, 0.1) is 0 Å². The van der Waals surface area contributed by atoms with Crippen LogP contribution in [-0.4, -0.2) is 22.3 Å². The third-order valence-corrected chi connectivity index (χ3v) is 3.51. The van der Waals surface area contributed by atoms with Crippen LogP contribution in [0.1, 0.15) is 12.5 Å². The molecule has 0 heterocycles. The van der Waals surface area contributed by atoms with Gasteiger partial charge in [0, 0.05) is 17.6 Å². The maximum atomic E-state index is 10.8. The van der Waals surface area contributed by atoms with Crippen molar-refractivity contribution in [2.75, 3.05) is 0 Å². The van der Waals surface area contributed by atoms with Crippen LogP contribution in [-0.2, 0) is 10.5 Å². The molecule has 0 aromatic heterocycles. The number of esters is 1. The second-order valence-electron chi connectivity index (χ2n) is 4.29. The van der Waals surface area contributed by atoms with Crippen molar-refractivity contribution in [3.8, 4) is 11.5 Å². The minimum Gasteiger partial charge on any atom is -0.565 e. The molecule has 0 fully saturated rings. The van der Waals surface area contributed by atoms with Crippen molar-refractivity contribution >= 4 is 23.9 Å². The van der Waals surface area contributed by atoms with Crippen molar-refractivity contribution < 1.29 is 81.0 Å². The Hall–Kier alpha value is -1.03. The molecule has 0 radical (unpaired) electrons. The van der Waals surface area contributed by atoms with E-state index in [2.05, 4.69) is 0 Å². The molecule has 0 aliphatic heterocycles. The molecule has 0 unspecified atom stereocenters. The van der Waals surface area contributed by atoms with E-state index in [1.165, 1.54) is 6.92 Å². The summed E-state index contributed by atoms with van der Waals surface area (Å²) < 4.78 is 4.97. The zero-order chi connectivity index (χ0) is 17.2. The second-order valence-corrected chi connectivity index (χ2v) is 5.33. The molecule has 6 nitrogen and oxygen atoms in total. The van der Waals surface area contributed by atoms with Gasteiger partial charge in [0.15, 0.2) is 0 Å². The number of rotatable bonds is 4. The van der Waals surface area contributed by atoms with Crippen LogP contribution in [0.3, 0.4) is 0 Å². The number of phenolic OH excluding ortho intramolecular Hbond substituents is 1. The van der Waals surface area contributed by atoms with E-state index in [0.29, 0.717) is 5.75 Å². The Morgan fingerprint density at radius 1 is 1.08 bits per heavy atom. The molecule has 0 bridgehead atoms. The van der Waals surface area contributed by atoms with Crippen molar-refractivity contribution in [1.82, 2.24) is 0 Å². The Morgan fingerprint density at radius 3 is 2.04 bits per heavy atom. The molecule has 2 aromatic carbocycles. The zero-order valence-corrected chi connectivity index (χ0v) is 17.2. The summed E-state index contributed by atoms with van der Waals surface area (Å²) in [4.78, 5) is 20.3. The topological polar surface area (TPSA) is 107 Å². The summed E-state index contributed by atoms with van der Waals surface area (Å²) in [5.41, 5.74) is 1.15. The van der Waals surface area contributed by atoms with Crippen LogP contribution in [0.5, 0.6) is 11.5 Å². The molecule has 2 N–H and O–H groups in total. The summed E-state index contributed by atoms with van der Waals surface area (Å²) in [6.45, 7) is 1.38. The van der Waals surface area contributed by atoms with Gasteiger partial charge in [-0.15, -0.1) is 11.8 Å². The van der Waals surface area contributed by atoms with Crippen LogP contribution in [0.15, 0.2) is 53.4 Å². The Balaban J connectivity index is 0.000000954. The van der Waals surface area contributed by atoms with Crippen LogP contribution in [0.4, 0.5) is 4.79 Å². The standard InChI is InChI=1S/C15H14O3S.CH2O3.K/c1-11(16)18-14-6-2-12(3-7-14)10-19-15-8-4-13(17)5-9-15;2-1(3)4;/h2-9,17H,10H2,1H3;(H2,2,3,4);/q;;+1/p-1. The predicted octanol–water partition coefficient (Wildman–Crippen LogP) is -0.499. The zero-order valence-electron chi connectivity index (χ0n) is 13.3. The summed E-state index contributed by atoms with van der Waals surface area (Å²) in [5, 5.41) is 24.5. The smallest absolute Gasteiger partial charge is 0.565 e. The number of ether oxygens (including phenoxy) is 1. The number of carboxylic acid groups (broad SMARTS) is 2. The van der Waals surface area contributed by atoms with E-state index >= 15 is 0 Å². The molecule has 2 rings (SSSR count). The number of aromatic hydroxyl groups is 1. The van der Waals surface area contributed by atoms with Gasteiger partial charge < -0.3 is 24.9 Å². The van der Waals surface area contributed by atoms with Crippen LogP contribution < -0.4 is 61.2 Å². The number of phenols is 1. The molecule has 0 amide bonds. The average Bonchev–Trinajstić information content (AvgIpc) is 2.47. The van der Waals surface area contributed by atoms with E-state index in [9.17, 15) is 9.90 Å². The van der Waals surface area contributed by atoms with E-state index in [0.717, 1.165) is 16.2 Å². The fourth-order valence-corrected chi connectivity index (χ4v) is 2.38. The molecular formula is C16H15KO6S. The first-order chi connectivity index (χ1) is 10.9. The Morgan fingerprint density at radius 2 is 1.58 bits per heavy atom. The Bertz CT molecular complexity index is 639. The van der Waals surface area contributed by atoms with Crippen molar-refractivity contribution in [3.63, 3.8) is 0 Å². The molecule has 0 aliphatic carbocycles. The number of carbonyl (C=O) groups is 2. The van der Waals surface area contributed by atoms with Gasteiger partial charge in [-0.3, -0.25) is 4.79 Å². The predicted molar refractivity (Wildman–Crippen MR) is 83.4 cm³/mol. The largest absolute Gasteiger partial charge is 1.00 e. The van der Waals surface area contributed by atoms with Gasteiger partial charge in [-0.2, -0.15) is 0 Å². The second kappa shape index (κ2) is 12.3. The third kappa shape index (κ3) is 10.7. The fraction of sp³-hybridized carbons (Fsp3) is 0.125. The molecule has 24 heavy (non-hydrogen) atoms. The molecule has 0 aliphatic rings. The molecule has 0 saturated heterocycles. The van der Waals surface area contributed by atoms with Crippen molar-refractivity contribution in [2.24, 2.45) is 0 Å². The van der Waals surface area contributed by atoms with E-state index in [4.69, 9.17) is 19.7 Å². The van der Waals surface area contributed by atoms with Crippen molar-refractivity contribution in [3.05, 3.63) is 54.1 Å². The van der Waals surface area contributed by atoms with Gasteiger partial charge in [0.1, 0.15) is 11.5 Å². The first-order valence-electron chi connectivity index (χ1n) is 6.46. The van der Waals surface area contributed by atoms with Gasteiger partial charge in [-0.1, -0.05) is 12.1 Å². The van der Waals surface area contributed by atoms with Crippen molar-refractivity contribution in [2.45, 2.75) is 17.6 Å². The first-order valence-corrected chi connectivity index (χ1v) is 7.44. The SMILES string of the molecule is CC(=O)Oc1ccc(CSc2ccc(O)cc2)cc1.O=C([O-])O.[K+]. The number of carbonyl (C=O) groups excluding carboxylic acids is 1. The summed E-state index contributed by atoms with van der Waals surface area (Å²) in [5.74, 6) is 1.35. The van der Waals surface area contributed by atoms with Crippen LogP contribution in [0, 0.1) is 0 Å². The van der Waals surface area contributed by atoms with Crippen LogP contribution in [0.25, 0.3) is 0 Å². The molecule has 2 aromatic rings. The molecular weight excluding hydrogens is 359 g/mol.